The Morgan fingerprint density at radius 1 is 1.36 bits per heavy atom. The van der Waals surface area contributed by atoms with Crippen LogP contribution in [-0.4, -0.2) is 47.5 Å². The van der Waals surface area contributed by atoms with Crippen molar-refractivity contribution in [3.05, 3.63) is 53.1 Å². The van der Waals surface area contributed by atoms with Crippen LogP contribution in [0.1, 0.15) is 18.9 Å². The van der Waals surface area contributed by atoms with Crippen molar-refractivity contribution in [2.75, 3.05) is 19.6 Å². The minimum absolute atomic E-state index is 0.0818. The number of carbonyl (C=O) groups excluding carboxylic acids is 1. The average Bonchev–Trinajstić information content (AvgIpc) is 2.85. The van der Waals surface area contributed by atoms with Gasteiger partial charge >= 0.3 is 5.97 Å². The van der Waals surface area contributed by atoms with Crippen LogP contribution in [0, 0.1) is 5.92 Å². The van der Waals surface area contributed by atoms with Crippen LogP contribution in [0.2, 0.25) is 5.02 Å². The molecule has 1 fully saturated rings. The lowest BCUT2D eigenvalue weighted by Gasteiger charge is -2.37. The third-order valence-electron chi connectivity index (χ3n) is 5.26. The molecule has 28 heavy (non-hydrogen) atoms. The minimum Gasteiger partial charge on any atom is -0.564 e. The standard InChI is InChI=1S/C21H22ClN3O3/c1-2-14(21(26)27)17-12-25(10-9-23-17)20-15-5-3-4-6-18(15)28-19-8-7-13(22)11-16(19)24-20/h3-8,11,14,17,23H,2,9-10,12H2,1H3,(H,26,27)/p+1/t14-,17-/m0/s1. The van der Waals surface area contributed by atoms with Crippen LogP contribution in [0.25, 0.3) is 0 Å². The normalized spacial score (nSPS) is 19.6. The number of aliphatic imine (C=N–C) groups is 1. The first kappa shape index (κ1) is 18.8. The van der Waals surface area contributed by atoms with Crippen LogP contribution in [0.3, 0.4) is 0 Å². The van der Waals surface area contributed by atoms with Gasteiger partial charge in [-0.25, -0.2) is 4.99 Å². The van der Waals surface area contributed by atoms with Crippen molar-refractivity contribution < 1.29 is 14.6 Å². The summed E-state index contributed by atoms with van der Waals surface area (Å²) in [6.45, 7) is 4.02. The van der Waals surface area contributed by atoms with Crippen molar-refractivity contribution in [2.45, 2.75) is 19.4 Å². The van der Waals surface area contributed by atoms with E-state index >= 15 is 0 Å². The molecule has 2 aliphatic heterocycles. The second-order valence-electron chi connectivity index (χ2n) is 7.03. The Kier molecular flexibility index (Phi) is 5.24. The summed E-state index contributed by atoms with van der Waals surface area (Å²) in [5, 5.41) is 11.6. The Balaban J connectivity index is 1.75. The first-order chi connectivity index (χ1) is 13.6. The van der Waals surface area contributed by atoms with E-state index in [4.69, 9.17) is 26.4 Å². The van der Waals surface area contributed by atoms with Gasteiger partial charge in [0.05, 0.1) is 5.56 Å². The van der Waals surface area contributed by atoms with E-state index in [0.717, 1.165) is 30.2 Å². The molecule has 1 saturated heterocycles. The van der Waals surface area contributed by atoms with Crippen molar-refractivity contribution in [1.82, 2.24) is 10.2 Å². The molecular weight excluding hydrogens is 378 g/mol. The molecule has 0 amide bonds. The highest BCUT2D eigenvalue weighted by Crippen LogP contribution is 2.39. The SMILES string of the molecule is CC[C@H](C(=O)[OH2+])[C@@H]1CN(C2=Nc3cc(Cl)ccc3Oc3ccccc32)CCN1. The van der Waals surface area contributed by atoms with E-state index in [0.29, 0.717) is 29.4 Å². The zero-order valence-corrected chi connectivity index (χ0v) is 16.4. The highest BCUT2D eigenvalue weighted by Gasteiger charge is 2.36. The summed E-state index contributed by atoms with van der Waals surface area (Å²) >= 11 is 6.19. The van der Waals surface area contributed by atoms with E-state index in [-0.39, 0.29) is 12.0 Å². The van der Waals surface area contributed by atoms with Gasteiger partial charge in [0.1, 0.15) is 23.2 Å². The monoisotopic (exact) mass is 400 g/mol. The number of para-hydroxylation sites is 1. The number of nitrogens with zero attached hydrogens (tertiary/aromatic N) is 2. The number of amidine groups is 1. The molecular formula is C21H23ClN3O3+. The number of hydrogen-bond acceptors (Lipinski definition) is 5. The Morgan fingerprint density at radius 3 is 2.96 bits per heavy atom. The largest absolute Gasteiger partial charge is 0.564 e. The van der Waals surface area contributed by atoms with Crippen LogP contribution in [0.4, 0.5) is 5.69 Å². The Morgan fingerprint density at radius 2 is 2.18 bits per heavy atom. The molecule has 2 heterocycles. The lowest BCUT2D eigenvalue weighted by molar-refractivity contribution is -0.143. The molecule has 3 N–H and O–H groups in total. The van der Waals surface area contributed by atoms with Gasteiger partial charge < -0.3 is 20.1 Å². The second-order valence-corrected chi connectivity index (χ2v) is 7.47. The maximum absolute atomic E-state index is 11.8. The third kappa shape index (κ3) is 3.57. The Bertz CT molecular complexity index is 931. The zero-order valence-electron chi connectivity index (χ0n) is 15.6. The van der Waals surface area contributed by atoms with E-state index in [1.54, 1.807) is 12.1 Å². The number of carbonyl (C=O) groups is 1. The van der Waals surface area contributed by atoms with Crippen molar-refractivity contribution in [3.63, 3.8) is 0 Å². The van der Waals surface area contributed by atoms with Crippen LogP contribution in [0.15, 0.2) is 47.5 Å². The number of rotatable bonds is 3. The van der Waals surface area contributed by atoms with Crippen molar-refractivity contribution >= 4 is 29.1 Å². The predicted molar refractivity (Wildman–Crippen MR) is 110 cm³/mol. The minimum atomic E-state index is -0.523. The van der Waals surface area contributed by atoms with Gasteiger partial charge in [0.2, 0.25) is 0 Å². The average molecular weight is 401 g/mol. The van der Waals surface area contributed by atoms with E-state index in [2.05, 4.69) is 10.2 Å². The van der Waals surface area contributed by atoms with E-state index in [9.17, 15) is 4.79 Å². The summed E-state index contributed by atoms with van der Waals surface area (Å²) in [5.41, 5.74) is 1.58. The molecule has 0 aliphatic carbocycles. The fourth-order valence-corrected chi connectivity index (χ4v) is 4.00. The number of fused-ring (bicyclic) bond motifs is 2. The van der Waals surface area contributed by atoms with Crippen LogP contribution < -0.4 is 10.1 Å². The number of hydrogen-bond donors (Lipinski definition) is 1. The van der Waals surface area contributed by atoms with Gasteiger partial charge in [-0.2, -0.15) is 0 Å². The Hall–Kier alpha value is -2.57. The number of nitrogens with one attached hydrogen (secondary N) is 1. The third-order valence-corrected chi connectivity index (χ3v) is 5.50. The summed E-state index contributed by atoms with van der Waals surface area (Å²) in [6, 6.07) is 13.1. The molecule has 2 aromatic rings. The molecule has 0 unspecified atom stereocenters. The summed E-state index contributed by atoms with van der Waals surface area (Å²) < 4.78 is 6.11. The molecule has 2 atom stereocenters. The lowest BCUT2D eigenvalue weighted by atomic mass is 9.94. The molecule has 4 rings (SSSR count). The summed E-state index contributed by atoms with van der Waals surface area (Å²) in [6.07, 6.45) is 0.637. The van der Waals surface area contributed by atoms with E-state index in [1.165, 1.54) is 0 Å². The van der Waals surface area contributed by atoms with Crippen molar-refractivity contribution in [3.8, 4) is 11.5 Å². The van der Waals surface area contributed by atoms with Gasteiger partial charge in [0, 0.05) is 35.5 Å². The molecule has 7 heteroatoms. The number of halogens is 1. The Labute approximate surface area is 168 Å². The van der Waals surface area contributed by atoms with Crippen molar-refractivity contribution in [1.29, 1.82) is 0 Å². The molecule has 0 bridgehead atoms. The smallest absolute Gasteiger partial charge is 0.520 e. The molecule has 146 valence electrons. The molecule has 0 spiro atoms. The number of ether oxygens (including phenoxy) is 1. The zero-order chi connectivity index (χ0) is 19.7. The van der Waals surface area contributed by atoms with E-state index < -0.39 is 5.97 Å². The lowest BCUT2D eigenvalue weighted by Crippen LogP contribution is -2.56. The first-order valence-corrected chi connectivity index (χ1v) is 9.84. The molecule has 0 aromatic heterocycles. The first-order valence-electron chi connectivity index (χ1n) is 9.46. The van der Waals surface area contributed by atoms with E-state index in [1.807, 2.05) is 37.3 Å². The fourth-order valence-electron chi connectivity index (χ4n) is 3.83. The molecule has 2 aliphatic rings. The molecule has 6 nitrogen and oxygen atoms in total. The predicted octanol–water partition coefficient (Wildman–Crippen LogP) is 3.08. The highest BCUT2D eigenvalue weighted by molar-refractivity contribution is 6.31. The highest BCUT2D eigenvalue weighted by atomic mass is 35.5. The van der Waals surface area contributed by atoms with Crippen molar-refractivity contribution in [2.24, 2.45) is 10.9 Å². The van der Waals surface area contributed by atoms with Crippen LogP contribution in [-0.2, 0) is 4.79 Å². The van der Waals surface area contributed by atoms with Gasteiger partial charge in [-0.1, -0.05) is 30.7 Å². The summed E-state index contributed by atoms with van der Waals surface area (Å²) in [5.74, 6) is 1.34. The van der Waals surface area contributed by atoms with Crippen LogP contribution >= 0.6 is 11.6 Å². The van der Waals surface area contributed by atoms with Gasteiger partial charge in [-0.15, -0.1) is 0 Å². The number of benzene rings is 2. The van der Waals surface area contributed by atoms with Gasteiger partial charge in [0.15, 0.2) is 5.75 Å². The maximum Gasteiger partial charge on any atom is 0.520 e. The molecule has 2 aromatic carbocycles. The quantitative estimate of drug-likeness (QED) is 0.803. The summed E-state index contributed by atoms with van der Waals surface area (Å²) in [7, 11) is 0. The van der Waals surface area contributed by atoms with Gasteiger partial charge in [0.25, 0.3) is 0 Å². The van der Waals surface area contributed by atoms with Gasteiger partial charge in [-0.3, -0.25) is 0 Å². The summed E-state index contributed by atoms with van der Waals surface area (Å²) in [4.78, 5) is 18.8. The number of piperazine rings is 1. The van der Waals surface area contributed by atoms with Crippen LogP contribution in [0.5, 0.6) is 11.5 Å². The van der Waals surface area contributed by atoms with Gasteiger partial charge in [-0.05, 0) is 36.8 Å². The fraction of sp³-hybridized carbons (Fsp3) is 0.333. The molecule has 0 saturated carbocycles. The molecule has 0 radical (unpaired) electrons. The maximum atomic E-state index is 11.8. The second kappa shape index (κ2) is 7.81. The topological polar surface area (TPSA) is 76.8 Å².